The summed E-state index contributed by atoms with van der Waals surface area (Å²) < 4.78 is 0. The van der Waals surface area contributed by atoms with Gasteiger partial charge in [0.15, 0.2) is 0 Å². The third-order valence-corrected chi connectivity index (χ3v) is 2.48. The van der Waals surface area contributed by atoms with Crippen LogP contribution in [-0.2, 0) is 16.1 Å². The Morgan fingerprint density at radius 3 is 3.06 bits per heavy atom. The molecule has 1 atom stereocenters. The second-order valence-corrected chi connectivity index (χ2v) is 3.70. The van der Waals surface area contributed by atoms with Crippen LogP contribution in [0.15, 0.2) is 24.4 Å². The van der Waals surface area contributed by atoms with E-state index in [1.165, 1.54) is 0 Å². The molecule has 2 heterocycles. The number of rotatable bonds is 3. The number of hydrogen-bond acceptors (Lipinski definition) is 3. The van der Waals surface area contributed by atoms with Crippen molar-refractivity contribution in [2.24, 2.45) is 0 Å². The highest BCUT2D eigenvalue weighted by atomic mass is 16.2. The van der Waals surface area contributed by atoms with Gasteiger partial charge in [-0.2, -0.15) is 0 Å². The molecule has 0 aromatic carbocycles. The van der Waals surface area contributed by atoms with E-state index >= 15 is 0 Å². The summed E-state index contributed by atoms with van der Waals surface area (Å²) in [6.45, 7) is 0.395. The van der Waals surface area contributed by atoms with Crippen LogP contribution < -0.4 is 10.6 Å². The Morgan fingerprint density at radius 1 is 1.56 bits per heavy atom. The van der Waals surface area contributed by atoms with Gasteiger partial charge in [0.05, 0.1) is 12.2 Å². The molecule has 1 aliphatic rings. The fourth-order valence-electron chi connectivity index (χ4n) is 1.61. The van der Waals surface area contributed by atoms with Crippen molar-refractivity contribution >= 4 is 11.8 Å². The SMILES string of the molecule is O=C1CC[C@@H](C(=O)NCc2ccccn2)N1. The maximum absolute atomic E-state index is 11.6. The second kappa shape index (κ2) is 4.74. The van der Waals surface area contributed by atoms with Crippen LogP contribution in [0.5, 0.6) is 0 Å². The molecular weight excluding hydrogens is 206 g/mol. The summed E-state index contributed by atoms with van der Waals surface area (Å²) in [6.07, 6.45) is 2.69. The molecule has 5 heteroatoms. The lowest BCUT2D eigenvalue weighted by atomic mass is 10.2. The lowest BCUT2D eigenvalue weighted by Crippen LogP contribution is -2.41. The Kier molecular flexibility index (Phi) is 3.14. The maximum atomic E-state index is 11.6. The minimum atomic E-state index is -0.379. The van der Waals surface area contributed by atoms with E-state index < -0.39 is 0 Å². The van der Waals surface area contributed by atoms with Crippen LogP contribution >= 0.6 is 0 Å². The van der Waals surface area contributed by atoms with Crippen LogP contribution in [0.4, 0.5) is 0 Å². The van der Waals surface area contributed by atoms with E-state index in [2.05, 4.69) is 15.6 Å². The molecule has 1 aromatic heterocycles. The summed E-state index contributed by atoms with van der Waals surface area (Å²) in [4.78, 5) is 26.6. The predicted octanol–water partition coefficient (Wildman–Crippen LogP) is -0.0236. The molecule has 84 valence electrons. The number of aromatic nitrogens is 1. The van der Waals surface area contributed by atoms with Crippen LogP contribution in [0.25, 0.3) is 0 Å². The van der Waals surface area contributed by atoms with Crippen LogP contribution in [0, 0.1) is 0 Å². The molecule has 0 aliphatic carbocycles. The normalized spacial score (nSPS) is 19.2. The van der Waals surface area contributed by atoms with Crippen molar-refractivity contribution in [2.75, 3.05) is 0 Å². The van der Waals surface area contributed by atoms with Gasteiger partial charge in [0.2, 0.25) is 11.8 Å². The van der Waals surface area contributed by atoms with Gasteiger partial charge in [0, 0.05) is 12.6 Å². The van der Waals surface area contributed by atoms with Crippen molar-refractivity contribution < 1.29 is 9.59 Å². The first-order valence-electron chi connectivity index (χ1n) is 5.22. The smallest absolute Gasteiger partial charge is 0.242 e. The van der Waals surface area contributed by atoms with Gasteiger partial charge in [0.25, 0.3) is 0 Å². The second-order valence-electron chi connectivity index (χ2n) is 3.70. The summed E-state index contributed by atoms with van der Waals surface area (Å²) >= 11 is 0. The molecule has 2 amide bonds. The van der Waals surface area contributed by atoms with Crippen molar-refractivity contribution in [3.05, 3.63) is 30.1 Å². The molecule has 0 saturated carbocycles. The van der Waals surface area contributed by atoms with Crippen LogP contribution in [-0.4, -0.2) is 22.8 Å². The standard InChI is InChI=1S/C11H13N3O2/c15-10-5-4-9(14-10)11(16)13-7-8-3-1-2-6-12-8/h1-3,6,9H,4-5,7H2,(H,13,16)(H,14,15)/t9-/m0/s1. The summed E-state index contributed by atoms with van der Waals surface area (Å²) in [6, 6.07) is 5.15. The molecule has 1 saturated heterocycles. The quantitative estimate of drug-likeness (QED) is 0.750. The molecule has 5 nitrogen and oxygen atoms in total. The first-order valence-corrected chi connectivity index (χ1v) is 5.22. The Hall–Kier alpha value is -1.91. The number of pyridine rings is 1. The first kappa shape index (κ1) is 10.6. The number of nitrogens with zero attached hydrogens (tertiary/aromatic N) is 1. The Bertz CT molecular complexity index is 391. The monoisotopic (exact) mass is 219 g/mol. The molecule has 16 heavy (non-hydrogen) atoms. The summed E-state index contributed by atoms with van der Waals surface area (Å²) in [5.41, 5.74) is 0.806. The van der Waals surface area contributed by atoms with Gasteiger partial charge in [0.1, 0.15) is 6.04 Å². The van der Waals surface area contributed by atoms with Crippen molar-refractivity contribution in [3.8, 4) is 0 Å². The van der Waals surface area contributed by atoms with Crippen LogP contribution in [0.1, 0.15) is 18.5 Å². The van der Waals surface area contributed by atoms with Crippen molar-refractivity contribution in [3.63, 3.8) is 0 Å². The number of carbonyl (C=O) groups is 2. The molecule has 0 spiro atoms. The summed E-state index contributed by atoms with van der Waals surface area (Å²) in [7, 11) is 0. The Balaban J connectivity index is 1.82. The molecule has 2 rings (SSSR count). The van der Waals surface area contributed by atoms with Gasteiger partial charge < -0.3 is 10.6 Å². The number of nitrogens with one attached hydrogen (secondary N) is 2. The molecule has 1 aromatic rings. The van der Waals surface area contributed by atoms with Gasteiger partial charge in [-0.05, 0) is 18.6 Å². The molecule has 0 unspecified atom stereocenters. The summed E-state index contributed by atoms with van der Waals surface area (Å²) in [5.74, 6) is -0.200. The van der Waals surface area contributed by atoms with E-state index in [1.807, 2.05) is 18.2 Å². The number of carbonyl (C=O) groups excluding carboxylic acids is 2. The van der Waals surface area contributed by atoms with Crippen molar-refractivity contribution in [1.29, 1.82) is 0 Å². The molecule has 1 fully saturated rings. The topological polar surface area (TPSA) is 71.1 Å². The van der Waals surface area contributed by atoms with Gasteiger partial charge in [-0.1, -0.05) is 6.07 Å². The third-order valence-electron chi connectivity index (χ3n) is 2.48. The first-order chi connectivity index (χ1) is 7.75. The molecule has 0 bridgehead atoms. The number of amides is 2. The summed E-state index contributed by atoms with van der Waals surface area (Å²) in [5, 5.41) is 5.36. The third kappa shape index (κ3) is 2.56. The van der Waals surface area contributed by atoms with Gasteiger partial charge in [-0.15, -0.1) is 0 Å². The van der Waals surface area contributed by atoms with Crippen LogP contribution in [0.3, 0.4) is 0 Å². The minimum Gasteiger partial charge on any atom is -0.349 e. The highest BCUT2D eigenvalue weighted by molar-refractivity contribution is 5.90. The maximum Gasteiger partial charge on any atom is 0.242 e. The fourth-order valence-corrected chi connectivity index (χ4v) is 1.61. The van der Waals surface area contributed by atoms with Gasteiger partial charge >= 0.3 is 0 Å². The Morgan fingerprint density at radius 2 is 2.44 bits per heavy atom. The zero-order valence-corrected chi connectivity index (χ0v) is 8.77. The van der Waals surface area contributed by atoms with Crippen molar-refractivity contribution in [1.82, 2.24) is 15.6 Å². The van der Waals surface area contributed by atoms with E-state index in [0.717, 1.165) is 5.69 Å². The van der Waals surface area contributed by atoms with E-state index in [9.17, 15) is 9.59 Å². The van der Waals surface area contributed by atoms with E-state index in [1.54, 1.807) is 6.20 Å². The van der Waals surface area contributed by atoms with Crippen molar-refractivity contribution in [2.45, 2.75) is 25.4 Å². The van der Waals surface area contributed by atoms with E-state index in [0.29, 0.717) is 19.4 Å². The van der Waals surface area contributed by atoms with E-state index in [-0.39, 0.29) is 17.9 Å². The highest BCUT2D eigenvalue weighted by Gasteiger charge is 2.26. The molecular formula is C11H13N3O2. The highest BCUT2D eigenvalue weighted by Crippen LogP contribution is 2.06. The minimum absolute atomic E-state index is 0.0574. The van der Waals surface area contributed by atoms with Gasteiger partial charge in [-0.3, -0.25) is 14.6 Å². The average Bonchev–Trinajstić information content (AvgIpc) is 2.74. The molecule has 0 radical (unpaired) electrons. The lowest BCUT2D eigenvalue weighted by Gasteiger charge is -2.10. The van der Waals surface area contributed by atoms with Crippen LogP contribution in [0.2, 0.25) is 0 Å². The Labute approximate surface area is 93.3 Å². The lowest BCUT2D eigenvalue weighted by molar-refractivity contribution is -0.125. The van der Waals surface area contributed by atoms with E-state index in [4.69, 9.17) is 0 Å². The molecule has 1 aliphatic heterocycles. The zero-order chi connectivity index (χ0) is 11.4. The number of hydrogen-bond donors (Lipinski definition) is 2. The zero-order valence-electron chi connectivity index (χ0n) is 8.77. The molecule has 2 N–H and O–H groups in total. The largest absolute Gasteiger partial charge is 0.349 e. The average molecular weight is 219 g/mol. The predicted molar refractivity (Wildman–Crippen MR) is 57.2 cm³/mol. The van der Waals surface area contributed by atoms with Gasteiger partial charge in [-0.25, -0.2) is 0 Å². The fraction of sp³-hybridized carbons (Fsp3) is 0.364.